The van der Waals surface area contributed by atoms with Gasteiger partial charge in [0.05, 0.1) is 6.61 Å². The molecule has 0 amide bonds. The van der Waals surface area contributed by atoms with E-state index in [1.54, 1.807) is 11.3 Å². The number of esters is 1. The first-order valence-corrected chi connectivity index (χ1v) is 8.42. The van der Waals surface area contributed by atoms with E-state index < -0.39 is 0 Å². The molecule has 1 aromatic heterocycles. The second-order valence-electron chi connectivity index (χ2n) is 5.44. The van der Waals surface area contributed by atoms with E-state index in [-0.39, 0.29) is 11.8 Å². The van der Waals surface area contributed by atoms with Crippen molar-refractivity contribution in [1.29, 1.82) is 0 Å². The van der Waals surface area contributed by atoms with Gasteiger partial charge in [0.2, 0.25) is 0 Å². The lowest BCUT2D eigenvalue weighted by Gasteiger charge is -2.03. The maximum atomic E-state index is 12.0. The molecule has 1 aliphatic carbocycles. The second-order valence-corrected chi connectivity index (χ2v) is 6.58. The highest BCUT2D eigenvalue weighted by molar-refractivity contribution is 7.14. The summed E-state index contributed by atoms with van der Waals surface area (Å²) in [5.74, 6) is -0.168. The molecule has 0 unspecified atom stereocenters. The molecule has 1 aliphatic rings. The highest BCUT2D eigenvalue weighted by Crippen LogP contribution is 2.30. The van der Waals surface area contributed by atoms with Crippen molar-refractivity contribution in [2.24, 2.45) is 0 Å². The van der Waals surface area contributed by atoms with Gasteiger partial charge in [0, 0.05) is 16.9 Å². The molecule has 0 aliphatic heterocycles. The van der Waals surface area contributed by atoms with Crippen LogP contribution in [0, 0.1) is 0 Å². The van der Waals surface area contributed by atoms with E-state index in [4.69, 9.17) is 4.74 Å². The zero-order chi connectivity index (χ0) is 15.4. The number of benzene rings is 1. The summed E-state index contributed by atoms with van der Waals surface area (Å²) in [6.07, 6.45) is 4.31. The van der Waals surface area contributed by atoms with Crippen LogP contribution in [0.1, 0.15) is 49.7 Å². The van der Waals surface area contributed by atoms with Crippen molar-refractivity contribution >= 4 is 23.1 Å². The molecule has 22 heavy (non-hydrogen) atoms. The van der Waals surface area contributed by atoms with Gasteiger partial charge < -0.3 is 4.74 Å². The molecule has 0 radical (unpaired) electrons. The lowest BCUT2D eigenvalue weighted by Crippen LogP contribution is -2.07. The first kappa shape index (κ1) is 15.0. The van der Waals surface area contributed by atoms with E-state index in [1.807, 2.05) is 36.4 Å². The Morgan fingerprint density at radius 1 is 1.14 bits per heavy atom. The average molecular weight is 314 g/mol. The molecule has 0 saturated carbocycles. The lowest BCUT2D eigenvalue weighted by molar-refractivity contribution is 0.0499. The third-order valence-corrected chi connectivity index (χ3v) is 5.04. The molecule has 3 nitrogen and oxygen atoms in total. The number of ether oxygens (including phenoxy) is 1. The monoisotopic (exact) mass is 314 g/mol. The standard InChI is InChI=1S/C18H18O3S/c19-15(13-6-2-1-3-7-13)9-5-11-21-18(20)17-12-14-8-4-10-16(14)22-17/h1-3,6-7,12H,4-5,8-11H2. The van der Waals surface area contributed by atoms with Crippen molar-refractivity contribution in [2.45, 2.75) is 32.1 Å². The summed E-state index contributed by atoms with van der Waals surface area (Å²) in [4.78, 5) is 25.9. The van der Waals surface area contributed by atoms with Crippen LogP contribution in [0.15, 0.2) is 36.4 Å². The van der Waals surface area contributed by atoms with Gasteiger partial charge in [-0.05, 0) is 37.3 Å². The van der Waals surface area contributed by atoms with Crippen molar-refractivity contribution in [3.63, 3.8) is 0 Å². The Hall–Kier alpha value is -1.94. The minimum absolute atomic E-state index is 0.0896. The number of rotatable bonds is 6. The van der Waals surface area contributed by atoms with E-state index in [1.165, 1.54) is 16.9 Å². The molecule has 0 N–H and O–H groups in total. The van der Waals surface area contributed by atoms with Gasteiger partial charge in [-0.3, -0.25) is 4.79 Å². The van der Waals surface area contributed by atoms with Crippen LogP contribution >= 0.6 is 11.3 Å². The van der Waals surface area contributed by atoms with E-state index in [2.05, 4.69) is 0 Å². The molecule has 0 atom stereocenters. The fraction of sp³-hybridized carbons (Fsp3) is 0.333. The normalized spacial score (nSPS) is 12.9. The number of ketones is 1. The predicted octanol–water partition coefficient (Wildman–Crippen LogP) is 4.06. The molecule has 0 spiro atoms. The molecule has 114 valence electrons. The highest BCUT2D eigenvalue weighted by atomic mass is 32.1. The minimum atomic E-state index is -0.258. The Balaban J connectivity index is 1.43. The lowest BCUT2D eigenvalue weighted by atomic mass is 10.1. The summed E-state index contributed by atoms with van der Waals surface area (Å²) >= 11 is 1.55. The number of Topliss-reactive ketones (excluding diaryl/α,β-unsaturated/α-hetero) is 1. The van der Waals surface area contributed by atoms with Crippen molar-refractivity contribution in [2.75, 3.05) is 6.61 Å². The number of carbonyl (C=O) groups is 2. The molecule has 0 saturated heterocycles. The summed E-state index contributed by atoms with van der Waals surface area (Å²) in [6, 6.07) is 11.2. The Morgan fingerprint density at radius 3 is 2.73 bits per heavy atom. The minimum Gasteiger partial charge on any atom is -0.461 e. The Bertz CT molecular complexity index is 651. The van der Waals surface area contributed by atoms with Gasteiger partial charge in [-0.15, -0.1) is 11.3 Å². The summed E-state index contributed by atoms with van der Waals surface area (Å²) in [5, 5.41) is 0. The number of fused-ring (bicyclic) bond motifs is 1. The molecule has 2 aromatic rings. The van der Waals surface area contributed by atoms with Gasteiger partial charge >= 0.3 is 5.97 Å². The molecule has 4 heteroatoms. The summed E-state index contributed by atoms with van der Waals surface area (Å²) in [7, 11) is 0. The van der Waals surface area contributed by atoms with E-state index in [0.29, 0.717) is 29.9 Å². The molecule has 0 bridgehead atoms. The SMILES string of the molecule is O=C(CCCOC(=O)c1cc2c(s1)CCC2)c1ccccc1. The zero-order valence-electron chi connectivity index (χ0n) is 12.3. The summed E-state index contributed by atoms with van der Waals surface area (Å²) in [6.45, 7) is 0.292. The maximum Gasteiger partial charge on any atom is 0.348 e. The fourth-order valence-corrected chi connectivity index (χ4v) is 3.81. The Morgan fingerprint density at radius 2 is 1.95 bits per heavy atom. The topological polar surface area (TPSA) is 43.4 Å². The Kier molecular flexibility index (Phi) is 4.68. The van der Waals surface area contributed by atoms with Gasteiger partial charge in [-0.2, -0.15) is 0 Å². The van der Waals surface area contributed by atoms with E-state index in [0.717, 1.165) is 12.8 Å². The number of thiophene rings is 1. The molecule has 3 rings (SSSR count). The molecule has 1 heterocycles. The first-order valence-electron chi connectivity index (χ1n) is 7.61. The molecular formula is C18H18O3S. The highest BCUT2D eigenvalue weighted by Gasteiger charge is 2.19. The van der Waals surface area contributed by atoms with Crippen molar-refractivity contribution in [3.05, 3.63) is 57.3 Å². The van der Waals surface area contributed by atoms with Crippen molar-refractivity contribution in [3.8, 4) is 0 Å². The smallest absolute Gasteiger partial charge is 0.348 e. The maximum absolute atomic E-state index is 12.0. The van der Waals surface area contributed by atoms with E-state index >= 15 is 0 Å². The van der Waals surface area contributed by atoms with Crippen molar-refractivity contribution in [1.82, 2.24) is 0 Å². The van der Waals surface area contributed by atoms with Crippen LogP contribution in [-0.2, 0) is 17.6 Å². The number of carbonyl (C=O) groups excluding carboxylic acids is 2. The van der Waals surface area contributed by atoms with Crippen LogP contribution in [0.4, 0.5) is 0 Å². The molecular weight excluding hydrogens is 296 g/mol. The van der Waals surface area contributed by atoms with Crippen LogP contribution in [0.5, 0.6) is 0 Å². The van der Waals surface area contributed by atoms with Gasteiger partial charge in [-0.25, -0.2) is 4.79 Å². The Labute approximate surface area is 133 Å². The van der Waals surface area contributed by atoms with Crippen LogP contribution in [-0.4, -0.2) is 18.4 Å². The van der Waals surface area contributed by atoms with Gasteiger partial charge in [-0.1, -0.05) is 30.3 Å². The number of hydrogen-bond acceptors (Lipinski definition) is 4. The second kappa shape index (κ2) is 6.88. The van der Waals surface area contributed by atoms with Gasteiger partial charge in [0.15, 0.2) is 5.78 Å². The van der Waals surface area contributed by atoms with Crippen molar-refractivity contribution < 1.29 is 14.3 Å². The van der Waals surface area contributed by atoms with Crippen LogP contribution in [0.3, 0.4) is 0 Å². The van der Waals surface area contributed by atoms with E-state index in [9.17, 15) is 9.59 Å². The van der Waals surface area contributed by atoms with Crippen LogP contribution < -0.4 is 0 Å². The third-order valence-electron chi connectivity index (χ3n) is 3.82. The number of aryl methyl sites for hydroxylation is 2. The zero-order valence-corrected chi connectivity index (χ0v) is 13.2. The number of hydrogen-bond donors (Lipinski definition) is 0. The summed E-state index contributed by atoms with van der Waals surface area (Å²) < 4.78 is 5.27. The first-order chi connectivity index (χ1) is 10.7. The van der Waals surface area contributed by atoms with Crippen LogP contribution in [0.2, 0.25) is 0 Å². The van der Waals surface area contributed by atoms with Gasteiger partial charge in [0.1, 0.15) is 4.88 Å². The fourth-order valence-electron chi connectivity index (χ4n) is 2.67. The van der Waals surface area contributed by atoms with Gasteiger partial charge in [0.25, 0.3) is 0 Å². The predicted molar refractivity (Wildman–Crippen MR) is 86.6 cm³/mol. The molecule has 1 aromatic carbocycles. The largest absolute Gasteiger partial charge is 0.461 e. The average Bonchev–Trinajstić information content (AvgIpc) is 3.13. The quantitative estimate of drug-likeness (QED) is 0.459. The van der Waals surface area contributed by atoms with Crippen LogP contribution in [0.25, 0.3) is 0 Å². The molecule has 0 fully saturated rings. The third kappa shape index (κ3) is 3.45. The summed E-state index contributed by atoms with van der Waals surface area (Å²) in [5.41, 5.74) is 2.01.